The average Bonchev–Trinajstić information content (AvgIpc) is 2.77. The Kier molecular flexibility index (Phi) is 3.97. The van der Waals surface area contributed by atoms with Crippen LogP contribution in [0.25, 0.3) is 0 Å². The van der Waals surface area contributed by atoms with Crippen molar-refractivity contribution >= 4 is 33.0 Å². The summed E-state index contributed by atoms with van der Waals surface area (Å²) < 4.78 is 6.67. The van der Waals surface area contributed by atoms with Crippen LogP contribution in [0.1, 0.15) is 22.2 Å². The van der Waals surface area contributed by atoms with Crippen LogP contribution >= 0.6 is 27.3 Å². The maximum Gasteiger partial charge on any atom is 0.174 e. The molecule has 0 atom stereocenters. The minimum atomic E-state index is 0.0748. The van der Waals surface area contributed by atoms with E-state index in [1.54, 1.807) is 13.0 Å². The summed E-state index contributed by atoms with van der Waals surface area (Å²) in [5.41, 5.74) is 1.09. The van der Waals surface area contributed by atoms with Crippen LogP contribution in [-0.2, 0) is 6.61 Å². The summed E-state index contributed by atoms with van der Waals surface area (Å²) in [5.74, 6) is 0.0748. The average molecular weight is 311 g/mol. The number of benzene rings is 1. The molecule has 0 fully saturated rings. The number of thiophene rings is 1. The molecule has 0 saturated heterocycles. The van der Waals surface area contributed by atoms with Gasteiger partial charge in [-0.2, -0.15) is 0 Å². The van der Waals surface area contributed by atoms with E-state index in [0.717, 1.165) is 20.0 Å². The molecule has 1 heterocycles. The first-order valence-corrected chi connectivity index (χ1v) is 6.75. The van der Waals surface area contributed by atoms with Crippen molar-refractivity contribution in [3.8, 4) is 5.06 Å². The van der Waals surface area contributed by atoms with Crippen LogP contribution in [0.5, 0.6) is 5.06 Å². The van der Waals surface area contributed by atoms with E-state index in [9.17, 15) is 4.79 Å². The minimum Gasteiger partial charge on any atom is -0.479 e. The molecule has 0 saturated carbocycles. The molecule has 88 valence electrons. The second-order valence-corrected chi connectivity index (χ2v) is 5.46. The molecule has 0 aliphatic carbocycles. The third kappa shape index (κ3) is 3.17. The van der Waals surface area contributed by atoms with E-state index in [4.69, 9.17) is 4.74 Å². The van der Waals surface area contributed by atoms with Crippen molar-refractivity contribution in [2.24, 2.45) is 0 Å². The highest BCUT2D eigenvalue weighted by atomic mass is 79.9. The van der Waals surface area contributed by atoms with Crippen molar-refractivity contribution in [3.63, 3.8) is 0 Å². The van der Waals surface area contributed by atoms with Crippen LogP contribution in [0.4, 0.5) is 0 Å². The number of carbonyl (C=O) groups excluding carboxylic acids is 1. The molecule has 0 N–H and O–H groups in total. The molecule has 2 aromatic rings. The molecule has 0 radical (unpaired) electrons. The van der Waals surface area contributed by atoms with E-state index in [0.29, 0.717) is 6.61 Å². The van der Waals surface area contributed by atoms with Gasteiger partial charge >= 0.3 is 0 Å². The van der Waals surface area contributed by atoms with Gasteiger partial charge in [0.25, 0.3) is 0 Å². The highest BCUT2D eigenvalue weighted by Gasteiger charge is 2.06. The normalized spacial score (nSPS) is 10.2. The van der Waals surface area contributed by atoms with Gasteiger partial charge in [-0.25, -0.2) is 0 Å². The first-order valence-electron chi connectivity index (χ1n) is 5.14. The fraction of sp³-hybridized carbons (Fsp3) is 0.154. The van der Waals surface area contributed by atoms with Gasteiger partial charge < -0.3 is 4.74 Å². The molecule has 17 heavy (non-hydrogen) atoms. The first kappa shape index (κ1) is 12.3. The third-order valence-electron chi connectivity index (χ3n) is 2.26. The fourth-order valence-electron chi connectivity index (χ4n) is 1.35. The molecule has 0 amide bonds. The van der Waals surface area contributed by atoms with Crippen LogP contribution in [0.2, 0.25) is 0 Å². The topological polar surface area (TPSA) is 26.3 Å². The van der Waals surface area contributed by atoms with Gasteiger partial charge in [0.2, 0.25) is 0 Å². The molecular formula is C13H11BrO2S. The number of carbonyl (C=O) groups is 1. The van der Waals surface area contributed by atoms with E-state index in [1.165, 1.54) is 11.3 Å². The van der Waals surface area contributed by atoms with Crippen molar-refractivity contribution in [2.45, 2.75) is 13.5 Å². The molecule has 0 spiro atoms. The Hall–Kier alpha value is -1.13. The summed E-state index contributed by atoms with van der Waals surface area (Å²) in [4.78, 5) is 11.9. The zero-order chi connectivity index (χ0) is 12.3. The van der Waals surface area contributed by atoms with Crippen LogP contribution in [0.15, 0.2) is 40.9 Å². The van der Waals surface area contributed by atoms with Gasteiger partial charge in [-0.1, -0.05) is 45.5 Å². The second-order valence-electron chi connectivity index (χ2n) is 3.55. The maximum absolute atomic E-state index is 11.1. The summed E-state index contributed by atoms with van der Waals surface area (Å²) >= 11 is 4.85. The number of ether oxygens (including phenoxy) is 1. The minimum absolute atomic E-state index is 0.0748. The van der Waals surface area contributed by atoms with E-state index < -0.39 is 0 Å². The number of Topliss-reactive ketones (excluding diaryl/α,β-unsaturated/α-hetero) is 1. The number of ketones is 1. The van der Waals surface area contributed by atoms with Gasteiger partial charge in [-0.3, -0.25) is 4.79 Å². The second kappa shape index (κ2) is 5.47. The zero-order valence-corrected chi connectivity index (χ0v) is 11.7. The number of hydrogen-bond donors (Lipinski definition) is 0. The largest absolute Gasteiger partial charge is 0.479 e. The molecule has 1 aromatic carbocycles. The predicted molar refractivity (Wildman–Crippen MR) is 72.8 cm³/mol. The quantitative estimate of drug-likeness (QED) is 0.787. The van der Waals surface area contributed by atoms with Gasteiger partial charge in [-0.05, 0) is 25.1 Å². The van der Waals surface area contributed by atoms with Crippen molar-refractivity contribution in [1.82, 2.24) is 0 Å². The summed E-state index contributed by atoms with van der Waals surface area (Å²) in [6, 6.07) is 11.5. The van der Waals surface area contributed by atoms with E-state index in [-0.39, 0.29) is 5.78 Å². The summed E-state index contributed by atoms with van der Waals surface area (Å²) in [7, 11) is 0. The standard InChI is InChI=1S/C13H11BrO2S/c1-9(15)12-6-7-13(17-12)16-8-10-4-2-3-5-11(10)14/h2-7H,8H2,1H3. The molecule has 0 aliphatic heterocycles. The lowest BCUT2D eigenvalue weighted by Crippen LogP contribution is -1.94. The van der Waals surface area contributed by atoms with Gasteiger partial charge in [0.05, 0.1) is 4.88 Å². The lowest BCUT2D eigenvalue weighted by Gasteiger charge is -2.05. The smallest absolute Gasteiger partial charge is 0.174 e. The van der Waals surface area contributed by atoms with E-state index >= 15 is 0 Å². The fourth-order valence-corrected chi connectivity index (χ4v) is 2.50. The SMILES string of the molecule is CC(=O)c1ccc(OCc2ccccc2Br)s1. The number of hydrogen-bond acceptors (Lipinski definition) is 3. The summed E-state index contributed by atoms with van der Waals surface area (Å²) in [6.45, 7) is 2.06. The Bertz CT molecular complexity index is 534. The highest BCUT2D eigenvalue weighted by Crippen LogP contribution is 2.26. The molecule has 2 nitrogen and oxygen atoms in total. The van der Waals surface area contributed by atoms with Gasteiger partial charge in [0, 0.05) is 10.0 Å². The summed E-state index contributed by atoms with van der Waals surface area (Å²) in [5, 5.41) is 0.769. The van der Waals surface area contributed by atoms with Gasteiger partial charge in [0.1, 0.15) is 6.61 Å². The summed E-state index contributed by atoms with van der Waals surface area (Å²) in [6.07, 6.45) is 0. The molecule has 0 unspecified atom stereocenters. The lowest BCUT2D eigenvalue weighted by molar-refractivity contribution is 0.102. The Balaban J connectivity index is 2.02. The Labute approximate surface area is 112 Å². The molecule has 0 aliphatic rings. The van der Waals surface area contributed by atoms with Crippen LogP contribution in [0, 0.1) is 0 Å². The van der Waals surface area contributed by atoms with Crippen molar-refractivity contribution in [2.75, 3.05) is 0 Å². The third-order valence-corrected chi connectivity index (χ3v) is 4.13. The van der Waals surface area contributed by atoms with Gasteiger partial charge in [-0.15, -0.1) is 0 Å². The predicted octanol–water partition coefficient (Wildman–Crippen LogP) is 4.29. The Morgan fingerprint density at radius 2 is 2.06 bits per heavy atom. The zero-order valence-electron chi connectivity index (χ0n) is 9.27. The molecule has 2 rings (SSSR count). The first-order chi connectivity index (χ1) is 8.16. The number of halogens is 1. The molecule has 1 aromatic heterocycles. The molecular weight excluding hydrogens is 300 g/mol. The highest BCUT2D eigenvalue weighted by molar-refractivity contribution is 9.10. The van der Waals surface area contributed by atoms with Crippen LogP contribution < -0.4 is 4.74 Å². The monoisotopic (exact) mass is 310 g/mol. The molecule has 0 bridgehead atoms. The van der Waals surface area contributed by atoms with Crippen LogP contribution in [0.3, 0.4) is 0 Å². The van der Waals surface area contributed by atoms with E-state index in [1.807, 2.05) is 30.3 Å². The Morgan fingerprint density at radius 1 is 1.29 bits per heavy atom. The van der Waals surface area contributed by atoms with Gasteiger partial charge in [0.15, 0.2) is 10.8 Å². The molecule has 4 heteroatoms. The van der Waals surface area contributed by atoms with Crippen molar-refractivity contribution in [3.05, 3.63) is 51.3 Å². The van der Waals surface area contributed by atoms with E-state index in [2.05, 4.69) is 15.9 Å². The maximum atomic E-state index is 11.1. The van der Waals surface area contributed by atoms with Crippen molar-refractivity contribution in [1.29, 1.82) is 0 Å². The van der Waals surface area contributed by atoms with Crippen LogP contribution in [-0.4, -0.2) is 5.78 Å². The lowest BCUT2D eigenvalue weighted by atomic mass is 10.2. The number of rotatable bonds is 4. The van der Waals surface area contributed by atoms with Crippen molar-refractivity contribution < 1.29 is 9.53 Å². The Morgan fingerprint density at radius 3 is 2.71 bits per heavy atom.